The Morgan fingerprint density at radius 1 is 1.10 bits per heavy atom. The number of hydrogen-bond donors (Lipinski definition) is 1. The predicted octanol–water partition coefficient (Wildman–Crippen LogP) is 4.02. The van der Waals surface area contributed by atoms with E-state index in [9.17, 15) is 8.78 Å². The van der Waals surface area contributed by atoms with Gasteiger partial charge in [-0.05, 0) is 42.0 Å². The van der Waals surface area contributed by atoms with Crippen LogP contribution in [-0.2, 0) is 0 Å². The van der Waals surface area contributed by atoms with E-state index in [1.165, 1.54) is 25.3 Å². The second kappa shape index (κ2) is 5.36. The van der Waals surface area contributed by atoms with Gasteiger partial charge in [-0.2, -0.15) is 5.10 Å². The zero-order chi connectivity index (χ0) is 14.8. The van der Waals surface area contributed by atoms with Crippen molar-refractivity contribution >= 4 is 23.1 Å². The van der Waals surface area contributed by atoms with Crippen molar-refractivity contribution in [2.45, 2.75) is 0 Å². The van der Waals surface area contributed by atoms with Crippen molar-refractivity contribution in [3.05, 3.63) is 59.3 Å². The molecule has 1 N–H and O–H groups in total. The molecule has 1 heterocycles. The number of fused-ring (bicyclic) bond motifs is 1. The Bertz CT molecular complexity index is 824. The van der Waals surface area contributed by atoms with Gasteiger partial charge in [0.2, 0.25) is 0 Å². The van der Waals surface area contributed by atoms with E-state index in [1.807, 2.05) is 0 Å². The van der Waals surface area contributed by atoms with E-state index in [4.69, 9.17) is 4.74 Å². The van der Waals surface area contributed by atoms with Gasteiger partial charge in [-0.3, -0.25) is 5.10 Å². The number of benzene rings is 2. The van der Waals surface area contributed by atoms with Crippen molar-refractivity contribution in [3.8, 4) is 5.75 Å². The Labute approximate surface area is 119 Å². The first-order valence-electron chi connectivity index (χ1n) is 6.32. The van der Waals surface area contributed by atoms with Crippen LogP contribution in [0.2, 0.25) is 0 Å². The summed E-state index contributed by atoms with van der Waals surface area (Å²) in [6.45, 7) is 0. The molecule has 0 saturated heterocycles. The van der Waals surface area contributed by atoms with Crippen molar-refractivity contribution in [3.63, 3.8) is 0 Å². The molecule has 106 valence electrons. The minimum absolute atomic E-state index is 0.186. The Morgan fingerprint density at radius 2 is 1.95 bits per heavy atom. The third-order valence-corrected chi connectivity index (χ3v) is 3.16. The molecule has 0 aliphatic heterocycles. The third-order valence-electron chi connectivity index (χ3n) is 3.16. The molecule has 2 aromatic carbocycles. The molecule has 0 unspecified atom stereocenters. The fourth-order valence-electron chi connectivity index (χ4n) is 2.10. The average Bonchev–Trinajstić information content (AvgIpc) is 2.88. The van der Waals surface area contributed by atoms with E-state index in [1.54, 1.807) is 30.4 Å². The zero-order valence-electron chi connectivity index (χ0n) is 11.2. The van der Waals surface area contributed by atoms with Crippen LogP contribution in [0, 0.1) is 11.6 Å². The number of nitrogens with zero attached hydrogens (tertiary/aromatic N) is 1. The summed E-state index contributed by atoms with van der Waals surface area (Å²) in [6.07, 6.45) is 3.57. The molecule has 0 radical (unpaired) electrons. The summed E-state index contributed by atoms with van der Waals surface area (Å²) in [4.78, 5) is 0. The molecule has 0 amide bonds. The summed E-state index contributed by atoms with van der Waals surface area (Å²) < 4.78 is 31.4. The van der Waals surface area contributed by atoms with Crippen molar-refractivity contribution in [2.24, 2.45) is 0 Å². The molecule has 0 fully saturated rings. The van der Waals surface area contributed by atoms with Gasteiger partial charge in [-0.1, -0.05) is 12.1 Å². The first kappa shape index (κ1) is 13.3. The third kappa shape index (κ3) is 2.63. The van der Waals surface area contributed by atoms with Crippen molar-refractivity contribution in [1.29, 1.82) is 0 Å². The molecule has 0 atom stereocenters. The van der Waals surface area contributed by atoms with Crippen LogP contribution < -0.4 is 4.74 Å². The molecular formula is C16H12F2N2O. The maximum Gasteiger partial charge on any atom is 0.165 e. The van der Waals surface area contributed by atoms with Crippen LogP contribution in [0.4, 0.5) is 8.78 Å². The molecule has 0 spiro atoms. The number of methoxy groups -OCH3 is 1. The van der Waals surface area contributed by atoms with Crippen LogP contribution in [0.1, 0.15) is 11.3 Å². The van der Waals surface area contributed by atoms with Crippen LogP contribution in [0.15, 0.2) is 36.4 Å². The van der Waals surface area contributed by atoms with Gasteiger partial charge in [0.15, 0.2) is 11.6 Å². The molecule has 0 saturated carbocycles. The van der Waals surface area contributed by atoms with Crippen molar-refractivity contribution in [1.82, 2.24) is 10.2 Å². The smallest absolute Gasteiger partial charge is 0.165 e. The number of hydrogen-bond acceptors (Lipinski definition) is 2. The Hall–Kier alpha value is -2.69. The fourth-order valence-corrected chi connectivity index (χ4v) is 2.10. The Morgan fingerprint density at radius 3 is 2.76 bits per heavy atom. The number of halogens is 2. The largest absolute Gasteiger partial charge is 0.494 e. The second-order valence-corrected chi connectivity index (χ2v) is 4.53. The summed E-state index contributed by atoms with van der Waals surface area (Å²) in [6, 6.07) is 9.02. The van der Waals surface area contributed by atoms with Gasteiger partial charge in [-0.25, -0.2) is 8.78 Å². The minimum Gasteiger partial charge on any atom is -0.494 e. The zero-order valence-corrected chi connectivity index (χ0v) is 11.2. The average molecular weight is 286 g/mol. The van der Waals surface area contributed by atoms with E-state index in [0.717, 1.165) is 10.9 Å². The lowest BCUT2D eigenvalue weighted by Gasteiger charge is -2.02. The second-order valence-electron chi connectivity index (χ2n) is 4.53. The van der Waals surface area contributed by atoms with E-state index < -0.39 is 5.82 Å². The molecule has 21 heavy (non-hydrogen) atoms. The molecule has 0 aliphatic rings. The summed E-state index contributed by atoms with van der Waals surface area (Å²) in [7, 11) is 1.42. The van der Waals surface area contributed by atoms with Gasteiger partial charge in [0, 0.05) is 5.39 Å². The number of H-pyrrole nitrogens is 1. The normalized spacial score (nSPS) is 11.4. The SMILES string of the molecule is COc1cc(/C=C/c2n[nH]c3cc(F)ccc23)ccc1F. The molecule has 0 aliphatic carbocycles. The maximum absolute atomic E-state index is 13.3. The lowest BCUT2D eigenvalue weighted by molar-refractivity contribution is 0.386. The number of aromatic amines is 1. The van der Waals surface area contributed by atoms with Gasteiger partial charge in [0.1, 0.15) is 5.82 Å². The molecule has 5 heteroatoms. The maximum atomic E-state index is 13.3. The molecular weight excluding hydrogens is 274 g/mol. The first-order valence-corrected chi connectivity index (χ1v) is 6.32. The number of nitrogens with one attached hydrogen (secondary N) is 1. The molecule has 3 aromatic rings. The summed E-state index contributed by atoms with van der Waals surface area (Å²) >= 11 is 0. The van der Waals surface area contributed by atoms with Crippen LogP contribution in [-0.4, -0.2) is 17.3 Å². The van der Waals surface area contributed by atoms with Crippen LogP contribution in [0.5, 0.6) is 5.75 Å². The highest BCUT2D eigenvalue weighted by molar-refractivity contribution is 5.89. The number of ether oxygens (including phenoxy) is 1. The van der Waals surface area contributed by atoms with Crippen molar-refractivity contribution < 1.29 is 13.5 Å². The molecule has 1 aromatic heterocycles. The Balaban J connectivity index is 1.94. The molecule has 0 bridgehead atoms. The molecule has 3 rings (SSSR count). The van der Waals surface area contributed by atoms with Gasteiger partial charge in [-0.15, -0.1) is 0 Å². The molecule has 3 nitrogen and oxygen atoms in total. The van der Waals surface area contributed by atoms with Crippen molar-refractivity contribution in [2.75, 3.05) is 7.11 Å². The Kier molecular flexibility index (Phi) is 3.39. The fraction of sp³-hybridized carbons (Fsp3) is 0.0625. The van der Waals surface area contributed by atoms with E-state index in [2.05, 4.69) is 10.2 Å². The van der Waals surface area contributed by atoms with Crippen LogP contribution in [0.3, 0.4) is 0 Å². The first-order chi connectivity index (χ1) is 10.2. The van der Waals surface area contributed by atoms with Gasteiger partial charge < -0.3 is 4.74 Å². The predicted molar refractivity (Wildman–Crippen MR) is 77.9 cm³/mol. The lowest BCUT2D eigenvalue weighted by atomic mass is 10.1. The standard InChI is InChI=1S/C16H12F2N2O/c1-21-16-8-10(2-6-13(16)18)3-7-14-12-5-4-11(17)9-15(12)20-19-14/h2-9H,1H3,(H,19,20)/b7-3+. The van der Waals surface area contributed by atoms with Gasteiger partial charge in [0.25, 0.3) is 0 Å². The monoisotopic (exact) mass is 286 g/mol. The summed E-state index contributed by atoms with van der Waals surface area (Å²) in [5, 5.41) is 7.72. The topological polar surface area (TPSA) is 37.9 Å². The van der Waals surface area contributed by atoms with Gasteiger partial charge >= 0.3 is 0 Å². The van der Waals surface area contributed by atoms with Crippen LogP contribution >= 0.6 is 0 Å². The summed E-state index contributed by atoms with van der Waals surface area (Å²) in [5.74, 6) is -0.536. The highest BCUT2D eigenvalue weighted by Gasteiger charge is 2.04. The summed E-state index contributed by atoms with van der Waals surface area (Å²) in [5.41, 5.74) is 2.10. The van der Waals surface area contributed by atoms with Crippen LogP contribution in [0.25, 0.3) is 23.1 Å². The number of aromatic nitrogens is 2. The quantitative estimate of drug-likeness (QED) is 0.789. The van der Waals surface area contributed by atoms with E-state index >= 15 is 0 Å². The number of rotatable bonds is 3. The highest BCUT2D eigenvalue weighted by atomic mass is 19.1. The minimum atomic E-state index is -0.407. The lowest BCUT2D eigenvalue weighted by Crippen LogP contribution is -1.88. The highest BCUT2D eigenvalue weighted by Crippen LogP contribution is 2.22. The van der Waals surface area contributed by atoms with E-state index in [-0.39, 0.29) is 11.6 Å². The van der Waals surface area contributed by atoms with E-state index in [0.29, 0.717) is 11.2 Å². The van der Waals surface area contributed by atoms with Gasteiger partial charge in [0.05, 0.1) is 18.3 Å².